The lowest BCUT2D eigenvalue weighted by atomic mass is 9.87. The van der Waals surface area contributed by atoms with E-state index in [1.54, 1.807) is 0 Å². The van der Waals surface area contributed by atoms with Crippen LogP contribution in [0.4, 0.5) is 5.69 Å². The summed E-state index contributed by atoms with van der Waals surface area (Å²) >= 11 is 2.29. The van der Waals surface area contributed by atoms with E-state index < -0.39 is 0 Å². The second-order valence-electron chi connectivity index (χ2n) is 7.34. The van der Waals surface area contributed by atoms with Crippen molar-refractivity contribution in [1.29, 1.82) is 0 Å². The molecule has 0 bridgehead atoms. The number of hydrogen-bond donors (Lipinski definition) is 0. The Kier molecular flexibility index (Phi) is 6.19. The molecule has 2 aromatic rings. The summed E-state index contributed by atoms with van der Waals surface area (Å²) in [6, 6.07) is 12.4. The van der Waals surface area contributed by atoms with E-state index in [9.17, 15) is 10.1 Å². The Morgan fingerprint density at radius 2 is 1.85 bits per heavy atom. The number of nitro groups is 1. The molecule has 1 aliphatic rings. The number of hydrogen-bond acceptors (Lipinski definition) is 3. The Morgan fingerprint density at radius 1 is 1.19 bits per heavy atom. The predicted octanol–water partition coefficient (Wildman–Crippen LogP) is 5.76. The van der Waals surface area contributed by atoms with Crippen molar-refractivity contribution in [1.82, 2.24) is 0 Å². The minimum atomic E-state index is -0.185. The highest BCUT2D eigenvalue weighted by Crippen LogP contribution is 2.36. The first-order chi connectivity index (χ1) is 12.9. The topological polar surface area (TPSA) is 46.4 Å². The van der Waals surface area contributed by atoms with Gasteiger partial charge in [-0.25, -0.2) is 0 Å². The van der Waals surface area contributed by atoms with Gasteiger partial charge in [0, 0.05) is 26.9 Å². The third-order valence-corrected chi connectivity index (χ3v) is 6.15. The Labute approximate surface area is 174 Å². The van der Waals surface area contributed by atoms with Gasteiger partial charge in [0.2, 0.25) is 6.54 Å². The number of anilines is 1. The molecule has 0 aromatic heterocycles. The molecule has 0 saturated carbocycles. The van der Waals surface area contributed by atoms with Gasteiger partial charge in [0.25, 0.3) is 0 Å². The van der Waals surface area contributed by atoms with Crippen molar-refractivity contribution in [3.8, 4) is 0 Å². The molecule has 2 aromatic carbocycles. The highest BCUT2D eigenvalue weighted by atomic mass is 127. The quantitative estimate of drug-likeness (QED) is 0.313. The molecule has 3 rings (SSSR count). The molecule has 0 fully saturated rings. The lowest BCUT2D eigenvalue weighted by Crippen LogP contribution is -2.27. The van der Waals surface area contributed by atoms with E-state index in [4.69, 9.17) is 0 Å². The van der Waals surface area contributed by atoms with Crippen molar-refractivity contribution < 1.29 is 4.92 Å². The first kappa shape index (κ1) is 19.9. The van der Waals surface area contributed by atoms with E-state index in [1.807, 2.05) is 24.3 Å². The predicted molar refractivity (Wildman–Crippen MR) is 119 cm³/mol. The third kappa shape index (κ3) is 4.51. The van der Waals surface area contributed by atoms with Crippen LogP contribution in [0.2, 0.25) is 0 Å². The molecule has 1 unspecified atom stereocenters. The fourth-order valence-electron chi connectivity index (χ4n) is 4.17. The molecule has 0 N–H and O–H groups in total. The molecule has 1 atom stereocenters. The summed E-state index contributed by atoms with van der Waals surface area (Å²) in [5.41, 5.74) is 7.22. The largest absolute Gasteiger partial charge is 0.348 e. The van der Waals surface area contributed by atoms with Gasteiger partial charge in [-0.2, -0.15) is 0 Å². The second-order valence-corrected chi connectivity index (χ2v) is 8.50. The zero-order valence-electron chi connectivity index (χ0n) is 16.0. The molecule has 0 radical (unpaired) electrons. The highest BCUT2D eigenvalue weighted by Gasteiger charge is 2.27. The zero-order chi connectivity index (χ0) is 19.6. The van der Waals surface area contributed by atoms with Gasteiger partial charge in [-0.15, -0.1) is 0 Å². The molecule has 0 spiro atoms. The monoisotopic (exact) mass is 476 g/mol. The minimum Gasteiger partial charge on any atom is -0.348 e. The molecule has 5 heteroatoms. The van der Waals surface area contributed by atoms with Gasteiger partial charge in [0.1, 0.15) is 0 Å². The molecule has 1 aliphatic heterocycles. The average Bonchev–Trinajstić information content (AvgIpc) is 2.59. The SMILES string of the molecule is Cc1cc(C)c(N2C=C(C(C[N+](=O)[O-])c3ccccc3I)CCC2)c(C)c1. The van der Waals surface area contributed by atoms with Crippen LogP contribution in [0, 0.1) is 34.5 Å². The van der Waals surface area contributed by atoms with Crippen LogP contribution >= 0.6 is 22.6 Å². The van der Waals surface area contributed by atoms with Crippen LogP contribution in [0.15, 0.2) is 48.2 Å². The van der Waals surface area contributed by atoms with Crippen LogP contribution < -0.4 is 4.90 Å². The second kappa shape index (κ2) is 8.42. The summed E-state index contributed by atoms with van der Waals surface area (Å²) in [6.07, 6.45) is 4.09. The van der Waals surface area contributed by atoms with Crippen molar-refractivity contribution in [3.05, 3.63) is 84.1 Å². The number of benzene rings is 2. The summed E-state index contributed by atoms with van der Waals surface area (Å²) in [5.74, 6) is -0.179. The Morgan fingerprint density at radius 3 is 2.48 bits per heavy atom. The summed E-state index contributed by atoms with van der Waals surface area (Å²) in [5, 5.41) is 11.4. The molecular weight excluding hydrogens is 451 g/mol. The molecule has 27 heavy (non-hydrogen) atoms. The standard InChI is InChI=1S/C22H25IN2O2/c1-15-11-16(2)22(17(3)12-15)24-10-6-7-18(13-24)20(14-25(26)27)19-8-4-5-9-21(19)23/h4-5,8-9,11-13,20H,6-7,10,14H2,1-3H3. The van der Waals surface area contributed by atoms with E-state index in [0.29, 0.717) is 0 Å². The molecule has 0 aliphatic carbocycles. The van der Waals surface area contributed by atoms with Gasteiger partial charge in [0.05, 0.1) is 5.92 Å². The summed E-state index contributed by atoms with van der Waals surface area (Å²) in [7, 11) is 0. The molecule has 0 amide bonds. The maximum absolute atomic E-state index is 11.4. The summed E-state index contributed by atoms with van der Waals surface area (Å²) < 4.78 is 1.09. The van der Waals surface area contributed by atoms with Crippen molar-refractivity contribution in [2.75, 3.05) is 18.0 Å². The van der Waals surface area contributed by atoms with E-state index in [2.05, 4.69) is 66.6 Å². The maximum Gasteiger partial charge on any atom is 0.214 e. The molecular formula is C22H25IN2O2. The number of nitrogens with zero attached hydrogens (tertiary/aromatic N) is 2. The van der Waals surface area contributed by atoms with Crippen LogP contribution in [0.3, 0.4) is 0 Å². The van der Waals surface area contributed by atoms with E-state index in [0.717, 1.165) is 34.1 Å². The Balaban J connectivity index is 2.03. The van der Waals surface area contributed by atoms with Crippen LogP contribution in [0.25, 0.3) is 0 Å². The first-order valence-corrected chi connectivity index (χ1v) is 10.4. The smallest absolute Gasteiger partial charge is 0.214 e. The van der Waals surface area contributed by atoms with Gasteiger partial charge in [0.15, 0.2) is 0 Å². The zero-order valence-corrected chi connectivity index (χ0v) is 18.2. The lowest BCUT2D eigenvalue weighted by molar-refractivity contribution is -0.482. The van der Waals surface area contributed by atoms with Crippen molar-refractivity contribution >= 4 is 28.3 Å². The fourth-order valence-corrected chi connectivity index (χ4v) is 4.93. The highest BCUT2D eigenvalue weighted by molar-refractivity contribution is 14.1. The van der Waals surface area contributed by atoms with Gasteiger partial charge >= 0.3 is 0 Å². The third-order valence-electron chi connectivity index (χ3n) is 5.17. The van der Waals surface area contributed by atoms with Crippen LogP contribution in [-0.4, -0.2) is 18.0 Å². The summed E-state index contributed by atoms with van der Waals surface area (Å²) in [4.78, 5) is 13.5. The van der Waals surface area contributed by atoms with Gasteiger partial charge in [-0.1, -0.05) is 35.9 Å². The lowest BCUT2D eigenvalue weighted by Gasteiger charge is -2.32. The summed E-state index contributed by atoms with van der Waals surface area (Å²) in [6.45, 7) is 7.29. The maximum atomic E-state index is 11.4. The van der Waals surface area contributed by atoms with Crippen molar-refractivity contribution in [2.24, 2.45) is 0 Å². The number of rotatable bonds is 5. The number of aryl methyl sites for hydroxylation is 3. The molecule has 4 nitrogen and oxygen atoms in total. The van der Waals surface area contributed by atoms with Gasteiger partial charge in [-0.3, -0.25) is 10.1 Å². The van der Waals surface area contributed by atoms with Crippen LogP contribution in [0.5, 0.6) is 0 Å². The Bertz CT molecular complexity index is 869. The normalized spacial score (nSPS) is 15.4. The van der Waals surface area contributed by atoms with Crippen molar-refractivity contribution in [2.45, 2.75) is 39.5 Å². The fraction of sp³-hybridized carbons (Fsp3) is 0.364. The molecule has 0 saturated heterocycles. The van der Waals surface area contributed by atoms with Gasteiger partial charge in [-0.05, 0) is 84.5 Å². The number of halogens is 1. The Hall–Kier alpha value is -1.89. The minimum absolute atomic E-state index is 0.0639. The first-order valence-electron chi connectivity index (χ1n) is 9.28. The van der Waals surface area contributed by atoms with Gasteiger partial charge < -0.3 is 4.90 Å². The van der Waals surface area contributed by atoms with Crippen molar-refractivity contribution in [3.63, 3.8) is 0 Å². The molecule has 1 heterocycles. The van der Waals surface area contributed by atoms with E-state index >= 15 is 0 Å². The van der Waals surface area contributed by atoms with E-state index in [-0.39, 0.29) is 17.4 Å². The average molecular weight is 476 g/mol. The van der Waals surface area contributed by atoms with Crippen LogP contribution in [0.1, 0.15) is 41.0 Å². The molecule has 142 valence electrons. The van der Waals surface area contributed by atoms with E-state index in [1.165, 1.54) is 22.4 Å². The van der Waals surface area contributed by atoms with Crippen LogP contribution in [-0.2, 0) is 0 Å².